The van der Waals surface area contributed by atoms with Crippen LogP contribution in [-0.4, -0.2) is 50.0 Å². The Labute approximate surface area is 214 Å². The van der Waals surface area contributed by atoms with Crippen molar-refractivity contribution in [1.82, 2.24) is 10.2 Å². The van der Waals surface area contributed by atoms with Crippen LogP contribution in [0.1, 0.15) is 56.7 Å². The molecule has 0 saturated heterocycles. The normalized spacial score (nSPS) is 13.1. The Kier molecular flexibility index (Phi) is 10.5. The van der Waals surface area contributed by atoms with E-state index in [1.54, 1.807) is 37.3 Å². The molecule has 2 aromatic carbocycles. The molecule has 198 valence electrons. The zero-order chi connectivity index (χ0) is 27.0. The van der Waals surface area contributed by atoms with Gasteiger partial charge in [-0.1, -0.05) is 37.3 Å². The van der Waals surface area contributed by atoms with Crippen LogP contribution in [0.25, 0.3) is 0 Å². The Hall–Kier alpha value is -2.94. The number of anilines is 1. The third-order valence-electron chi connectivity index (χ3n) is 6.46. The summed E-state index contributed by atoms with van der Waals surface area (Å²) in [5.41, 5.74) is 2.71. The number of benzene rings is 2. The Morgan fingerprint density at radius 1 is 1.06 bits per heavy atom. The van der Waals surface area contributed by atoms with Crippen molar-refractivity contribution in [2.45, 2.75) is 72.5 Å². The SMILES string of the molecule is CC[C@@H](C)NC(=O)[C@H](C)N(Cc1ccccc1F)C(=O)CCCN(c1cccc(C)c1C)S(C)(=O)=O. The van der Waals surface area contributed by atoms with E-state index in [-0.39, 0.29) is 43.8 Å². The first-order valence-electron chi connectivity index (χ1n) is 12.2. The minimum atomic E-state index is -3.58. The molecule has 0 bridgehead atoms. The average molecular weight is 520 g/mol. The van der Waals surface area contributed by atoms with Crippen molar-refractivity contribution >= 4 is 27.5 Å². The number of rotatable bonds is 12. The summed E-state index contributed by atoms with van der Waals surface area (Å²) in [4.78, 5) is 27.5. The fraction of sp³-hybridized carbons (Fsp3) is 0.481. The van der Waals surface area contributed by atoms with Crippen molar-refractivity contribution in [2.75, 3.05) is 17.1 Å². The predicted molar refractivity (Wildman–Crippen MR) is 142 cm³/mol. The zero-order valence-corrected chi connectivity index (χ0v) is 22.9. The molecule has 1 N–H and O–H groups in total. The topological polar surface area (TPSA) is 86.8 Å². The summed E-state index contributed by atoms with van der Waals surface area (Å²) in [5.74, 6) is -1.12. The van der Waals surface area contributed by atoms with E-state index in [2.05, 4.69) is 5.32 Å². The van der Waals surface area contributed by atoms with Gasteiger partial charge < -0.3 is 10.2 Å². The molecule has 0 spiro atoms. The van der Waals surface area contributed by atoms with Crippen molar-refractivity contribution in [3.8, 4) is 0 Å². The summed E-state index contributed by atoms with van der Waals surface area (Å²) in [6.07, 6.45) is 2.13. The minimum absolute atomic E-state index is 0.00624. The number of hydrogen-bond donors (Lipinski definition) is 1. The number of hydrogen-bond acceptors (Lipinski definition) is 4. The average Bonchev–Trinajstić information content (AvgIpc) is 2.82. The lowest BCUT2D eigenvalue weighted by Crippen LogP contribution is -2.49. The number of nitrogens with one attached hydrogen (secondary N) is 1. The second-order valence-corrected chi connectivity index (χ2v) is 11.2. The molecule has 7 nitrogen and oxygen atoms in total. The molecule has 2 amide bonds. The summed E-state index contributed by atoms with van der Waals surface area (Å²) in [6.45, 7) is 9.26. The van der Waals surface area contributed by atoms with Crippen LogP contribution in [-0.2, 0) is 26.2 Å². The lowest BCUT2D eigenvalue weighted by Gasteiger charge is -2.30. The Bertz CT molecular complexity index is 1170. The molecule has 36 heavy (non-hydrogen) atoms. The first-order chi connectivity index (χ1) is 16.9. The standard InChI is InChI=1S/C27H38FN3O4S/c1-7-20(3)29-27(33)22(5)30(18-23-13-8-9-14-24(23)28)26(32)16-11-17-31(36(6,34)35)25-15-10-12-19(2)21(25)4/h8-10,12-15,20,22H,7,11,16-18H2,1-6H3,(H,29,33)/t20-,22+/m1/s1. The van der Waals surface area contributed by atoms with Gasteiger partial charge in [-0.2, -0.15) is 0 Å². The van der Waals surface area contributed by atoms with Crippen LogP contribution in [0.2, 0.25) is 0 Å². The van der Waals surface area contributed by atoms with Gasteiger partial charge in [0.05, 0.1) is 11.9 Å². The van der Waals surface area contributed by atoms with E-state index < -0.39 is 21.9 Å². The molecule has 0 heterocycles. The van der Waals surface area contributed by atoms with Gasteiger partial charge >= 0.3 is 0 Å². The quantitative estimate of drug-likeness (QED) is 0.453. The molecular formula is C27H38FN3O4S. The predicted octanol–water partition coefficient (Wildman–Crippen LogP) is 4.32. The van der Waals surface area contributed by atoms with E-state index in [4.69, 9.17) is 0 Å². The van der Waals surface area contributed by atoms with Crippen LogP contribution in [0.15, 0.2) is 42.5 Å². The number of aryl methyl sites for hydroxylation is 1. The van der Waals surface area contributed by atoms with E-state index in [1.807, 2.05) is 33.8 Å². The van der Waals surface area contributed by atoms with Crippen LogP contribution >= 0.6 is 0 Å². The molecule has 2 atom stereocenters. The number of nitrogens with zero attached hydrogens (tertiary/aromatic N) is 2. The van der Waals surface area contributed by atoms with Crippen molar-refractivity contribution in [2.24, 2.45) is 0 Å². The zero-order valence-electron chi connectivity index (χ0n) is 22.0. The number of carbonyl (C=O) groups is 2. The highest BCUT2D eigenvalue weighted by Gasteiger charge is 2.28. The first kappa shape index (κ1) is 29.3. The third kappa shape index (κ3) is 7.78. The summed E-state index contributed by atoms with van der Waals surface area (Å²) in [5, 5.41) is 2.88. The maximum Gasteiger partial charge on any atom is 0.242 e. The number of amides is 2. The molecule has 0 unspecified atom stereocenters. The second-order valence-electron chi connectivity index (χ2n) is 9.26. The van der Waals surface area contributed by atoms with Gasteiger partial charge in [0.25, 0.3) is 0 Å². The molecule has 0 aromatic heterocycles. The van der Waals surface area contributed by atoms with Crippen molar-refractivity contribution < 1.29 is 22.4 Å². The molecule has 0 aliphatic carbocycles. The largest absolute Gasteiger partial charge is 0.352 e. The Morgan fingerprint density at radius 3 is 2.33 bits per heavy atom. The number of halogens is 1. The van der Waals surface area contributed by atoms with E-state index in [9.17, 15) is 22.4 Å². The number of sulfonamides is 1. The molecule has 0 aliphatic rings. The van der Waals surface area contributed by atoms with Gasteiger partial charge in [0.15, 0.2) is 0 Å². The van der Waals surface area contributed by atoms with Crippen LogP contribution in [0.5, 0.6) is 0 Å². The van der Waals surface area contributed by atoms with Crippen molar-refractivity contribution in [3.05, 3.63) is 65.0 Å². The summed E-state index contributed by atoms with van der Waals surface area (Å²) < 4.78 is 40.8. The van der Waals surface area contributed by atoms with Crippen LogP contribution in [0, 0.1) is 19.7 Å². The lowest BCUT2D eigenvalue weighted by molar-refractivity contribution is -0.141. The summed E-state index contributed by atoms with van der Waals surface area (Å²) >= 11 is 0. The third-order valence-corrected chi connectivity index (χ3v) is 7.64. The van der Waals surface area contributed by atoms with Crippen LogP contribution in [0.3, 0.4) is 0 Å². The van der Waals surface area contributed by atoms with Crippen LogP contribution in [0.4, 0.5) is 10.1 Å². The molecule has 0 saturated carbocycles. The van der Waals surface area contributed by atoms with Gasteiger partial charge in [0.2, 0.25) is 21.8 Å². The Balaban J connectivity index is 2.22. The monoisotopic (exact) mass is 519 g/mol. The molecule has 0 aliphatic heterocycles. The minimum Gasteiger partial charge on any atom is -0.352 e. The van der Waals surface area contributed by atoms with Gasteiger partial charge in [0.1, 0.15) is 11.9 Å². The van der Waals surface area contributed by atoms with E-state index in [0.717, 1.165) is 23.8 Å². The molecule has 2 aromatic rings. The van der Waals surface area contributed by atoms with Crippen molar-refractivity contribution in [3.63, 3.8) is 0 Å². The fourth-order valence-electron chi connectivity index (χ4n) is 3.85. The summed E-state index contributed by atoms with van der Waals surface area (Å²) in [6, 6.07) is 10.7. The van der Waals surface area contributed by atoms with Crippen molar-refractivity contribution in [1.29, 1.82) is 0 Å². The Morgan fingerprint density at radius 2 is 1.72 bits per heavy atom. The maximum absolute atomic E-state index is 14.4. The highest BCUT2D eigenvalue weighted by Crippen LogP contribution is 2.25. The smallest absolute Gasteiger partial charge is 0.242 e. The maximum atomic E-state index is 14.4. The summed E-state index contributed by atoms with van der Waals surface area (Å²) in [7, 11) is -3.58. The van der Waals surface area contributed by atoms with Gasteiger partial charge in [-0.05, 0) is 63.8 Å². The van der Waals surface area contributed by atoms with Gasteiger partial charge in [-0.3, -0.25) is 13.9 Å². The highest BCUT2D eigenvalue weighted by molar-refractivity contribution is 7.92. The fourth-order valence-corrected chi connectivity index (χ4v) is 4.86. The van der Waals surface area contributed by atoms with E-state index in [0.29, 0.717) is 11.3 Å². The lowest BCUT2D eigenvalue weighted by atomic mass is 10.1. The second kappa shape index (κ2) is 12.9. The first-order valence-corrected chi connectivity index (χ1v) is 14.1. The number of carbonyl (C=O) groups excluding carboxylic acids is 2. The molecule has 2 rings (SSSR count). The van der Waals surface area contributed by atoms with Crippen LogP contribution < -0.4 is 9.62 Å². The van der Waals surface area contributed by atoms with Gasteiger partial charge in [-0.15, -0.1) is 0 Å². The molecular weight excluding hydrogens is 481 g/mol. The highest BCUT2D eigenvalue weighted by atomic mass is 32.2. The van der Waals surface area contributed by atoms with Gasteiger partial charge in [-0.25, -0.2) is 12.8 Å². The molecule has 0 radical (unpaired) electrons. The molecule has 9 heteroatoms. The van der Waals surface area contributed by atoms with E-state index >= 15 is 0 Å². The van der Waals surface area contributed by atoms with Gasteiger partial charge in [0, 0.05) is 31.1 Å². The molecule has 0 fully saturated rings. The van der Waals surface area contributed by atoms with E-state index in [1.165, 1.54) is 15.3 Å².